The number of thioether (sulfide) groups is 1. The lowest BCUT2D eigenvalue weighted by molar-refractivity contribution is 0.0730. The maximum Gasteiger partial charge on any atom is 0.252 e. The van der Waals surface area contributed by atoms with E-state index in [0.29, 0.717) is 36.9 Å². The molecule has 2 aromatic rings. The van der Waals surface area contributed by atoms with Crippen LogP contribution in [-0.2, 0) is 14.8 Å². The number of benzene rings is 2. The molecule has 0 spiro atoms. The van der Waals surface area contributed by atoms with Crippen molar-refractivity contribution in [3.63, 3.8) is 0 Å². The van der Waals surface area contributed by atoms with Gasteiger partial charge in [0.25, 0.3) is 5.91 Å². The van der Waals surface area contributed by atoms with Crippen molar-refractivity contribution in [1.29, 1.82) is 0 Å². The number of halogens is 1. The first-order valence-electron chi connectivity index (χ1n) is 9.78. The molecule has 1 atom stereocenters. The Kier molecular flexibility index (Phi) is 6.41. The molecule has 1 N–H and O–H groups in total. The van der Waals surface area contributed by atoms with Crippen molar-refractivity contribution < 1.29 is 17.9 Å². The van der Waals surface area contributed by atoms with E-state index in [1.54, 1.807) is 23.9 Å². The fourth-order valence-corrected chi connectivity index (χ4v) is 6.41. The van der Waals surface area contributed by atoms with Gasteiger partial charge in [-0.25, -0.2) is 8.42 Å². The van der Waals surface area contributed by atoms with Crippen molar-refractivity contribution in [3.8, 4) is 0 Å². The minimum Gasteiger partial charge on any atom is -0.379 e. The molecule has 30 heavy (non-hydrogen) atoms. The number of carbonyl (C=O) groups is 1. The standard InChI is InChI=1S/C21H23ClN2O4S2/c1-14-2-4-16(30(26,27)24-7-9-28-10-8-24)13-17(14)21(25)23-19-6-11-29-20-5-3-15(22)12-18(19)20/h2-5,12-13,19H,6-11H2,1H3,(H,23,25)/t19-/m1/s1. The molecular formula is C21H23ClN2O4S2. The second kappa shape index (κ2) is 8.88. The van der Waals surface area contributed by atoms with Gasteiger partial charge >= 0.3 is 0 Å². The van der Waals surface area contributed by atoms with E-state index in [-0.39, 0.29) is 16.8 Å². The lowest BCUT2D eigenvalue weighted by Gasteiger charge is -2.27. The Morgan fingerprint density at radius 1 is 1.20 bits per heavy atom. The average Bonchev–Trinajstić information content (AvgIpc) is 2.75. The minimum atomic E-state index is -3.67. The molecule has 0 unspecified atom stereocenters. The molecule has 2 heterocycles. The van der Waals surface area contributed by atoms with E-state index < -0.39 is 10.0 Å². The zero-order valence-electron chi connectivity index (χ0n) is 16.6. The maximum atomic E-state index is 13.1. The average molecular weight is 467 g/mol. The molecule has 0 aliphatic carbocycles. The Hall–Kier alpha value is -1.58. The van der Waals surface area contributed by atoms with Crippen LogP contribution in [0.25, 0.3) is 0 Å². The van der Waals surface area contributed by atoms with Crippen molar-refractivity contribution >= 4 is 39.3 Å². The largest absolute Gasteiger partial charge is 0.379 e. The van der Waals surface area contributed by atoms with Crippen LogP contribution >= 0.6 is 23.4 Å². The van der Waals surface area contributed by atoms with Crippen molar-refractivity contribution in [2.75, 3.05) is 32.1 Å². The van der Waals surface area contributed by atoms with E-state index in [2.05, 4.69) is 5.32 Å². The Morgan fingerprint density at radius 2 is 1.97 bits per heavy atom. The molecule has 0 bridgehead atoms. The quantitative estimate of drug-likeness (QED) is 0.744. The van der Waals surface area contributed by atoms with Crippen LogP contribution in [0, 0.1) is 6.92 Å². The second-order valence-electron chi connectivity index (χ2n) is 7.34. The van der Waals surface area contributed by atoms with E-state index in [9.17, 15) is 13.2 Å². The van der Waals surface area contributed by atoms with Gasteiger partial charge in [0.15, 0.2) is 0 Å². The Labute approximate surface area is 186 Å². The van der Waals surface area contributed by atoms with Gasteiger partial charge in [-0.2, -0.15) is 4.31 Å². The van der Waals surface area contributed by atoms with Crippen molar-refractivity contribution in [2.24, 2.45) is 0 Å². The van der Waals surface area contributed by atoms with Gasteiger partial charge < -0.3 is 10.1 Å². The van der Waals surface area contributed by atoms with Gasteiger partial charge in [0, 0.05) is 34.3 Å². The molecule has 0 saturated carbocycles. The number of carbonyl (C=O) groups excluding carboxylic acids is 1. The summed E-state index contributed by atoms with van der Waals surface area (Å²) in [6.07, 6.45) is 0.786. The number of ether oxygens (including phenoxy) is 1. The molecule has 1 fully saturated rings. The first kappa shape index (κ1) is 21.6. The van der Waals surface area contributed by atoms with E-state index in [0.717, 1.165) is 28.2 Å². The summed E-state index contributed by atoms with van der Waals surface area (Å²) in [5.74, 6) is 0.610. The lowest BCUT2D eigenvalue weighted by atomic mass is 10.0. The van der Waals surface area contributed by atoms with Gasteiger partial charge in [0.2, 0.25) is 10.0 Å². The van der Waals surface area contributed by atoms with Gasteiger partial charge in [0.05, 0.1) is 24.2 Å². The maximum absolute atomic E-state index is 13.1. The van der Waals surface area contributed by atoms with Crippen molar-refractivity contribution in [1.82, 2.24) is 9.62 Å². The van der Waals surface area contributed by atoms with Crippen LogP contribution in [0.4, 0.5) is 0 Å². The topological polar surface area (TPSA) is 75.7 Å². The summed E-state index contributed by atoms with van der Waals surface area (Å²) in [6.45, 7) is 3.19. The van der Waals surface area contributed by atoms with Gasteiger partial charge in [0.1, 0.15) is 0 Å². The zero-order valence-corrected chi connectivity index (χ0v) is 18.9. The minimum absolute atomic E-state index is 0.128. The third-order valence-electron chi connectivity index (χ3n) is 5.38. The predicted octanol–water partition coefficient (Wildman–Crippen LogP) is 3.64. The van der Waals surface area contributed by atoms with Gasteiger partial charge in [-0.3, -0.25) is 4.79 Å². The monoisotopic (exact) mass is 466 g/mol. The number of morpholine rings is 1. The highest BCUT2D eigenvalue weighted by atomic mass is 35.5. The first-order valence-corrected chi connectivity index (χ1v) is 12.6. The Balaban J connectivity index is 1.60. The molecular weight excluding hydrogens is 444 g/mol. The summed E-state index contributed by atoms with van der Waals surface area (Å²) in [4.78, 5) is 14.3. The highest BCUT2D eigenvalue weighted by Gasteiger charge is 2.28. The molecule has 0 aromatic heterocycles. The number of nitrogens with zero attached hydrogens (tertiary/aromatic N) is 1. The highest BCUT2D eigenvalue weighted by molar-refractivity contribution is 7.99. The molecule has 4 rings (SSSR count). The predicted molar refractivity (Wildman–Crippen MR) is 118 cm³/mol. The van der Waals surface area contributed by atoms with Crippen LogP contribution in [0.2, 0.25) is 5.02 Å². The smallest absolute Gasteiger partial charge is 0.252 e. The third-order valence-corrected chi connectivity index (χ3v) is 8.63. The number of amides is 1. The van der Waals surface area contributed by atoms with E-state index in [1.807, 2.05) is 25.1 Å². The molecule has 6 nitrogen and oxygen atoms in total. The number of rotatable bonds is 4. The summed E-state index contributed by atoms with van der Waals surface area (Å²) in [5, 5.41) is 3.71. The van der Waals surface area contributed by atoms with Gasteiger partial charge in [-0.15, -0.1) is 11.8 Å². The van der Waals surface area contributed by atoms with E-state index >= 15 is 0 Å². The van der Waals surface area contributed by atoms with Crippen LogP contribution in [0.3, 0.4) is 0 Å². The zero-order chi connectivity index (χ0) is 21.3. The summed E-state index contributed by atoms with van der Waals surface area (Å²) in [7, 11) is -3.67. The summed E-state index contributed by atoms with van der Waals surface area (Å²) in [5.41, 5.74) is 2.10. The van der Waals surface area contributed by atoms with Crippen LogP contribution < -0.4 is 5.32 Å². The van der Waals surface area contributed by atoms with Gasteiger partial charge in [-0.05, 0) is 54.8 Å². The molecule has 2 aliphatic heterocycles. The SMILES string of the molecule is Cc1ccc(S(=O)(=O)N2CCOCC2)cc1C(=O)N[C@@H]1CCSc2ccc(Cl)cc21. The molecule has 2 aliphatic rings. The highest BCUT2D eigenvalue weighted by Crippen LogP contribution is 2.37. The second-order valence-corrected chi connectivity index (χ2v) is 10.8. The van der Waals surface area contributed by atoms with Crippen LogP contribution in [0.1, 0.15) is 33.9 Å². The van der Waals surface area contributed by atoms with E-state index in [4.69, 9.17) is 16.3 Å². The summed E-state index contributed by atoms with van der Waals surface area (Å²) >= 11 is 7.91. The Bertz CT molecular complexity index is 1070. The number of aryl methyl sites for hydroxylation is 1. The lowest BCUT2D eigenvalue weighted by Crippen LogP contribution is -2.40. The fraction of sp³-hybridized carbons (Fsp3) is 0.381. The molecule has 160 valence electrons. The number of nitrogens with one attached hydrogen (secondary N) is 1. The van der Waals surface area contributed by atoms with Gasteiger partial charge in [-0.1, -0.05) is 17.7 Å². The fourth-order valence-electron chi connectivity index (χ4n) is 3.69. The van der Waals surface area contributed by atoms with Crippen molar-refractivity contribution in [3.05, 3.63) is 58.1 Å². The number of hydrogen-bond donors (Lipinski definition) is 1. The molecule has 2 aromatic carbocycles. The van der Waals surface area contributed by atoms with Crippen molar-refractivity contribution in [2.45, 2.75) is 29.2 Å². The van der Waals surface area contributed by atoms with Crippen LogP contribution in [-0.4, -0.2) is 50.7 Å². The number of sulfonamides is 1. The normalized spacial score (nSPS) is 19.9. The van der Waals surface area contributed by atoms with Crippen LogP contribution in [0.15, 0.2) is 46.2 Å². The molecule has 9 heteroatoms. The summed E-state index contributed by atoms with van der Waals surface area (Å²) < 4.78 is 32.6. The van der Waals surface area contributed by atoms with E-state index in [1.165, 1.54) is 10.4 Å². The number of hydrogen-bond acceptors (Lipinski definition) is 5. The Morgan fingerprint density at radius 3 is 2.73 bits per heavy atom. The third kappa shape index (κ3) is 4.38. The summed E-state index contributed by atoms with van der Waals surface area (Å²) in [6, 6.07) is 10.3. The molecule has 1 amide bonds. The van der Waals surface area contributed by atoms with Crippen LogP contribution in [0.5, 0.6) is 0 Å². The molecule has 0 radical (unpaired) electrons. The molecule has 1 saturated heterocycles. The first-order chi connectivity index (χ1) is 14.4. The number of fused-ring (bicyclic) bond motifs is 1.